The van der Waals surface area contributed by atoms with Gasteiger partial charge in [-0.1, -0.05) is 35.9 Å². The number of hydrogen-bond acceptors (Lipinski definition) is 2. The van der Waals surface area contributed by atoms with Crippen LogP contribution >= 0.6 is 0 Å². The van der Waals surface area contributed by atoms with E-state index < -0.39 is 0 Å². The van der Waals surface area contributed by atoms with Gasteiger partial charge in [0.1, 0.15) is 5.75 Å². The van der Waals surface area contributed by atoms with Gasteiger partial charge in [0.2, 0.25) is 0 Å². The predicted molar refractivity (Wildman–Crippen MR) is 91.2 cm³/mol. The third kappa shape index (κ3) is 3.50. The van der Waals surface area contributed by atoms with E-state index in [1.54, 1.807) is 7.11 Å². The minimum absolute atomic E-state index is 0.451. The molecule has 1 unspecified atom stereocenters. The van der Waals surface area contributed by atoms with Crippen LogP contribution < -0.4 is 10.1 Å². The lowest BCUT2D eigenvalue weighted by Crippen LogP contribution is -2.23. The van der Waals surface area contributed by atoms with Crippen LogP contribution in [0.2, 0.25) is 0 Å². The quantitative estimate of drug-likeness (QED) is 0.844. The van der Waals surface area contributed by atoms with Crippen LogP contribution in [0.1, 0.15) is 41.1 Å². The van der Waals surface area contributed by atoms with Crippen molar-refractivity contribution in [2.24, 2.45) is 5.92 Å². The van der Waals surface area contributed by atoms with Crippen LogP contribution in [0.4, 0.5) is 0 Å². The molecule has 0 aromatic heterocycles. The predicted octanol–water partition coefficient (Wildman–Crippen LogP) is 4.55. The van der Waals surface area contributed by atoms with Gasteiger partial charge in [-0.3, -0.25) is 0 Å². The van der Waals surface area contributed by atoms with E-state index in [0.29, 0.717) is 6.04 Å². The molecular formula is C20H25NO. The third-order valence-corrected chi connectivity index (χ3v) is 4.58. The Bertz CT molecular complexity index is 629. The van der Waals surface area contributed by atoms with Gasteiger partial charge in [-0.15, -0.1) is 0 Å². The molecule has 0 radical (unpaired) electrons. The molecule has 1 fully saturated rings. The Labute approximate surface area is 133 Å². The number of rotatable bonds is 6. The SMILES string of the molecule is COc1ccc(C(NCc2ccc(C)cc2C)C2CC2)cc1. The van der Waals surface area contributed by atoms with Crippen molar-refractivity contribution in [1.82, 2.24) is 5.32 Å². The number of aryl methyl sites for hydroxylation is 2. The molecule has 0 amide bonds. The lowest BCUT2D eigenvalue weighted by Gasteiger charge is -2.20. The Morgan fingerprint density at radius 3 is 2.41 bits per heavy atom. The number of methoxy groups -OCH3 is 1. The number of benzene rings is 2. The second-order valence-corrected chi connectivity index (χ2v) is 6.40. The summed E-state index contributed by atoms with van der Waals surface area (Å²) < 4.78 is 5.26. The fraction of sp³-hybridized carbons (Fsp3) is 0.400. The molecule has 0 aliphatic heterocycles. The largest absolute Gasteiger partial charge is 0.497 e. The van der Waals surface area contributed by atoms with E-state index in [-0.39, 0.29) is 0 Å². The first-order valence-electron chi connectivity index (χ1n) is 8.11. The van der Waals surface area contributed by atoms with E-state index in [1.165, 1.54) is 35.1 Å². The summed E-state index contributed by atoms with van der Waals surface area (Å²) in [7, 11) is 1.71. The Kier molecular flexibility index (Phi) is 4.49. The van der Waals surface area contributed by atoms with Gasteiger partial charge in [-0.05, 0) is 61.4 Å². The lowest BCUT2D eigenvalue weighted by atomic mass is 10.0. The maximum absolute atomic E-state index is 5.26. The van der Waals surface area contributed by atoms with Crippen molar-refractivity contribution in [3.63, 3.8) is 0 Å². The summed E-state index contributed by atoms with van der Waals surface area (Å²) in [6.07, 6.45) is 2.66. The Morgan fingerprint density at radius 2 is 1.82 bits per heavy atom. The van der Waals surface area contributed by atoms with E-state index in [9.17, 15) is 0 Å². The summed E-state index contributed by atoms with van der Waals surface area (Å²) in [5.41, 5.74) is 5.46. The lowest BCUT2D eigenvalue weighted by molar-refractivity contribution is 0.413. The van der Waals surface area contributed by atoms with Crippen molar-refractivity contribution in [3.05, 3.63) is 64.7 Å². The summed E-state index contributed by atoms with van der Waals surface area (Å²) >= 11 is 0. The summed E-state index contributed by atoms with van der Waals surface area (Å²) in [6.45, 7) is 5.28. The van der Waals surface area contributed by atoms with Gasteiger partial charge >= 0.3 is 0 Å². The summed E-state index contributed by atoms with van der Waals surface area (Å²) in [5.74, 6) is 1.70. The zero-order valence-electron chi connectivity index (χ0n) is 13.7. The van der Waals surface area contributed by atoms with E-state index in [2.05, 4.69) is 61.6 Å². The Hall–Kier alpha value is -1.80. The minimum atomic E-state index is 0.451. The minimum Gasteiger partial charge on any atom is -0.497 e. The molecule has 0 spiro atoms. The van der Waals surface area contributed by atoms with Crippen LogP contribution in [-0.4, -0.2) is 7.11 Å². The molecule has 3 rings (SSSR count). The van der Waals surface area contributed by atoms with Gasteiger partial charge in [0, 0.05) is 12.6 Å². The molecule has 0 bridgehead atoms. The number of ether oxygens (including phenoxy) is 1. The van der Waals surface area contributed by atoms with Gasteiger partial charge in [-0.2, -0.15) is 0 Å². The first-order valence-corrected chi connectivity index (χ1v) is 8.11. The first-order chi connectivity index (χ1) is 10.7. The summed E-state index contributed by atoms with van der Waals surface area (Å²) in [6, 6.07) is 15.7. The van der Waals surface area contributed by atoms with Crippen LogP contribution in [0, 0.1) is 19.8 Å². The molecule has 2 heteroatoms. The van der Waals surface area contributed by atoms with Gasteiger partial charge in [-0.25, -0.2) is 0 Å². The molecule has 0 saturated heterocycles. The molecule has 1 aliphatic rings. The topological polar surface area (TPSA) is 21.3 Å². The molecule has 1 atom stereocenters. The average molecular weight is 295 g/mol. The number of hydrogen-bond donors (Lipinski definition) is 1. The maximum atomic E-state index is 5.26. The monoisotopic (exact) mass is 295 g/mol. The first kappa shape index (κ1) is 15.1. The highest BCUT2D eigenvalue weighted by molar-refractivity contribution is 5.32. The van der Waals surface area contributed by atoms with Crippen LogP contribution in [0.5, 0.6) is 5.75 Å². The fourth-order valence-corrected chi connectivity index (χ4v) is 3.06. The van der Waals surface area contributed by atoms with Crippen molar-refractivity contribution < 1.29 is 4.74 Å². The molecule has 2 aromatic carbocycles. The van der Waals surface area contributed by atoms with E-state index >= 15 is 0 Å². The van der Waals surface area contributed by atoms with Gasteiger partial charge < -0.3 is 10.1 Å². The van der Waals surface area contributed by atoms with Crippen molar-refractivity contribution in [2.45, 2.75) is 39.3 Å². The zero-order chi connectivity index (χ0) is 15.5. The van der Waals surface area contributed by atoms with Crippen LogP contribution in [-0.2, 0) is 6.54 Å². The van der Waals surface area contributed by atoms with Gasteiger partial charge in [0.25, 0.3) is 0 Å². The summed E-state index contributed by atoms with van der Waals surface area (Å²) in [4.78, 5) is 0. The van der Waals surface area contributed by atoms with E-state index in [1.807, 2.05) is 0 Å². The molecule has 1 aliphatic carbocycles. The van der Waals surface area contributed by atoms with Crippen molar-refractivity contribution >= 4 is 0 Å². The highest BCUT2D eigenvalue weighted by atomic mass is 16.5. The highest BCUT2D eigenvalue weighted by Gasteiger charge is 2.31. The van der Waals surface area contributed by atoms with Crippen molar-refractivity contribution in [3.8, 4) is 5.75 Å². The Balaban J connectivity index is 1.71. The second kappa shape index (κ2) is 6.53. The molecule has 1 N–H and O–H groups in total. The van der Waals surface area contributed by atoms with E-state index in [4.69, 9.17) is 4.74 Å². The van der Waals surface area contributed by atoms with Crippen LogP contribution in [0.25, 0.3) is 0 Å². The zero-order valence-corrected chi connectivity index (χ0v) is 13.7. The van der Waals surface area contributed by atoms with Crippen LogP contribution in [0.15, 0.2) is 42.5 Å². The summed E-state index contributed by atoms with van der Waals surface area (Å²) in [5, 5.41) is 3.77. The molecule has 2 aromatic rings. The third-order valence-electron chi connectivity index (χ3n) is 4.58. The van der Waals surface area contributed by atoms with Crippen molar-refractivity contribution in [2.75, 3.05) is 7.11 Å². The molecule has 0 heterocycles. The maximum Gasteiger partial charge on any atom is 0.118 e. The fourth-order valence-electron chi connectivity index (χ4n) is 3.06. The Morgan fingerprint density at radius 1 is 1.09 bits per heavy atom. The second-order valence-electron chi connectivity index (χ2n) is 6.40. The average Bonchev–Trinajstić information content (AvgIpc) is 3.35. The smallest absolute Gasteiger partial charge is 0.118 e. The standard InChI is InChI=1S/C20H25NO/c1-14-4-5-18(15(2)12-14)13-21-20(16-6-7-16)17-8-10-19(22-3)11-9-17/h4-5,8-12,16,20-21H,6-7,13H2,1-3H3. The normalized spacial score (nSPS) is 15.6. The van der Waals surface area contributed by atoms with Gasteiger partial charge in [0.15, 0.2) is 0 Å². The molecule has 1 saturated carbocycles. The van der Waals surface area contributed by atoms with Crippen molar-refractivity contribution in [1.29, 1.82) is 0 Å². The molecular weight excluding hydrogens is 270 g/mol. The molecule has 2 nitrogen and oxygen atoms in total. The van der Waals surface area contributed by atoms with Gasteiger partial charge in [0.05, 0.1) is 7.11 Å². The molecule has 116 valence electrons. The molecule has 22 heavy (non-hydrogen) atoms. The highest BCUT2D eigenvalue weighted by Crippen LogP contribution is 2.41. The van der Waals surface area contributed by atoms with E-state index in [0.717, 1.165) is 18.2 Å². The van der Waals surface area contributed by atoms with Crippen LogP contribution in [0.3, 0.4) is 0 Å². The number of nitrogens with one attached hydrogen (secondary N) is 1.